The molecule has 0 atom stereocenters. The SMILES string of the molecule is C[Si](C)CC[Si](c1ccccc1)c1cccc2ccccc12. The van der Waals surface area contributed by atoms with Crippen LogP contribution in [0.5, 0.6) is 0 Å². The summed E-state index contributed by atoms with van der Waals surface area (Å²) >= 11 is 0. The predicted molar refractivity (Wildman–Crippen MR) is 103 cm³/mol. The first-order valence-corrected chi connectivity index (χ1v) is 12.4. The Balaban J connectivity index is 2.07. The molecular weight excluding hydrogens is 296 g/mol. The van der Waals surface area contributed by atoms with Crippen molar-refractivity contribution in [3.63, 3.8) is 0 Å². The third-order valence-electron chi connectivity index (χ3n) is 4.11. The first kappa shape index (κ1) is 15.3. The Bertz CT molecular complexity index is 730. The molecule has 0 aliphatic rings. The van der Waals surface area contributed by atoms with Gasteiger partial charge in [0.25, 0.3) is 0 Å². The molecule has 0 heterocycles. The third kappa shape index (κ3) is 3.39. The highest BCUT2D eigenvalue weighted by atomic mass is 28.3. The van der Waals surface area contributed by atoms with E-state index in [0.29, 0.717) is 0 Å². The van der Waals surface area contributed by atoms with Crippen LogP contribution in [-0.4, -0.2) is 17.6 Å². The first-order chi connectivity index (χ1) is 10.8. The second kappa shape index (κ2) is 7.08. The molecule has 0 amide bonds. The molecule has 0 nitrogen and oxygen atoms in total. The van der Waals surface area contributed by atoms with Crippen molar-refractivity contribution in [3.05, 3.63) is 72.8 Å². The molecule has 3 rings (SSSR count). The van der Waals surface area contributed by atoms with Gasteiger partial charge in [0, 0.05) is 8.80 Å². The van der Waals surface area contributed by atoms with Gasteiger partial charge in [0.05, 0.1) is 0 Å². The van der Waals surface area contributed by atoms with Crippen LogP contribution in [0.4, 0.5) is 0 Å². The molecule has 2 radical (unpaired) electrons. The van der Waals surface area contributed by atoms with Crippen LogP contribution in [0.3, 0.4) is 0 Å². The van der Waals surface area contributed by atoms with Crippen molar-refractivity contribution in [2.45, 2.75) is 25.2 Å². The number of hydrogen-bond donors (Lipinski definition) is 0. The zero-order valence-electron chi connectivity index (χ0n) is 13.3. The van der Waals surface area contributed by atoms with Gasteiger partial charge in [0.2, 0.25) is 0 Å². The molecule has 0 saturated carbocycles. The largest absolute Gasteiger partial charge is 0.121 e. The summed E-state index contributed by atoms with van der Waals surface area (Å²) in [6, 6.07) is 29.6. The fraction of sp³-hybridized carbons (Fsp3) is 0.200. The molecule has 0 saturated heterocycles. The van der Waals surface area contributed by atoms with Gasteiger partial charge in [-0.1, -0.05) is 103 Å². The summed E-state index contributed by atoms with van der Waals surface area (Å²) in [5, 5.41) is 5.95. The van der Waals surface area contributed by atoms with Crippen molar-refractivity contribution in [2.75, 3.05) is 0 Å². The third-order valence-corrected chi connectivity index (χ3v) is 8.73. The van der Waals surface area contributed by atoms with Gasteiger partial charge in [0.1, 0.15) is 8.80 Å². The van der Waals surface area contributed by atoms with Gasteiger partial charge >= 0.3 is 0 Å². The van der Waals surface area contributed by atoms with E-state index >= 15 is 0 Å². The predicted octanol–water partition coefficient (Wildman–Crippen LogP) is 4.20. The van der Waals surface area contributed by atoms with Crippen molar-refractivity contribution in [1.29, 1.82) is 0 Å². The molecular formula is C20H22Si2. The Labute approximate surface area is 137 Å². The van der Waals surface area contributed by atoms with Crippen LogP contribution in [0.25, 0.3) is 10.8 Å². The molecule has 3 aromatic rings. The minimum absolute atomic E-state index is 0.171. The maximum atomic E-state index is 2.43. The average molecular weight is 319 g/mol. The van der Waals surface area contributed by atoms with E-state index in [-0.39, 0.29) is 8.80 Å². The molecule has 110 valence electrons. The summed E-state index contributed by atoms with van der Waals surface area (Å²) in [7, 11) is -0.865. The second-order valence-corrected chi connectivity index (χ2v) is 11.6. The topological polar surface area (TPSA) is 0 Å². The maximum absolute atomic E-state index is 2.43. The number of benzene rings is 3. The molecule has 0 aliphatic heterocycles. The quantitative estimate of drug-likeness (QED) is 0.618. The lowest BCUT2D eigenvalue weighted by Crippen LogP contribution is -2.42. The molecule has 3 aromatic carbocycles. The maximum Gasteiger partial charge on any atom is 0.121 e. The molecule has 0 spiro atoms. The van der Waals surface area contributed by atoms with Crippen LogP contribution < -0.4 is 10.4 Å². The highest BCUT2D eigenvalue weighted by Gasteiger charge is 2.19. The molecule has 0 N–H and O–H groups in total. The highest BCUT2D eigenvalue weighted by molar-refractivity contribution is 6.87. The van der Waals surface area contributed by atoms with E-state index < -0.39 is 8.80 Å². The van der Waals surface area contributed by atoms with Crippen molar-refractivity contribution in [3.8, 4) is 0 Å². The molecule has 0 aliphatic carbocycles. The van der Waals surface area contributed by atoms with E-state index in [1.54, 1.807) is 10.4 Å². The lowest BCUT2D eigenvalue weighted by atomic mass is 10.1. The lowest BCUT2D eigenvalue weighted by Gasteiger charge is -2.19. The molecule has 2 heteroatoms. The first-order valence-electron chi connectivity index (χ1n) is 7.94. The smallest absolute Gasteiger partial charge is 0.0713 e. The molecule has 22 heavy (non-hydrogen) atoms. The fourth-order valence-electron chi connectivity index (χ4n) is 2.94. The summed E-state index contributed by atoms with van der Waals surface area (Å²) in [4.78, 5) is 0. The minimum atomic E-state index is -0.695. The van der Waals surface area contributed by atoms with Crippen LogP contribution in [0.15, 0.2) is 72.8 Å². The lowest BCUT2D eigenvalue weighted by molar-refractivity contribution is 1.37. The normalized spacial score (nSPS) is 11.5. The van der Waals surface area contributed by atoms with Crippen LogP contribution in [0, 0.1) is 0 Å². The van der Waals surface area contributed by atoms with E-state index in [9.17, 15) is 0 Å². The number of hydrogen-bond acceptors (Lipinski definition) is 0. The second-order valence-electron chi connectivity index (χ2n) is 6.08. The van der Waals surface area contributed by atoms with Gasteiger partial charge in [0.15, 0.2) is 0 Å². The van der Waals surface area contributed by atoms with E-state index in [0.717, 1.165) is 0 Å². The summed E-state index contributed by atoms with van der Waals surface area (Å²) < 4.78 is 0. The van der Waals surface area contributed by atoms with Gasteiger partial charge in [-0.3, -0.25) is 0 Å². The van der Waals surface area contributed by atoms with Gasteiger partial charge in [-0.05, 0) is 16.0 Å². The van der Waals surface area contributed by atoms with Gasteiger partial charge in [-0.15, -0.1) is 0 Å². The Kier molecular flexibility index (Phi) is 4.91. The summed E-state index contributed by atoms with van der Waals surface area (Å²) in [6.07, 6.45) is 0. The van der Waals surface area contributed by atoms with Crippen molar-refractivity contribution < 1.29 is 0 Å². The average Bonchev–Trinajstić information content (AvgIpc) is 2.56. The van der Waals surface area contributed by atoms with Crippen molar-refractivity contribution in [2.24, 2.45) is 0 Å². The molecule has 0 bridgehead atoms. The van der Waals surface area contributed by atoms with Crippen LogP contribution in [0.1, 0.15) is 0 Å². The fourth-order valence-corrected chi connectivity index (χ4v) is 8.25. The highest BCUT2D eigenvalue weighted by Crippen LogP contribution is 2.14. The molecule has 0 fully saturated rings. The zero-order valence-corrected chi connectivity index (χ0v) is 15.3. The van der Waals surface area contributed by atoms with Gasteiger partial charge in [-0.25, -0.2) is 0 Å². The van der Waals surface area contributed by atoms with E-state index in [2.05, 4.69) is 85.9 Å². The molecule has 0 unspecified atom stereocenters. The Hall–Kier alpha value is -1.65. The van der Waals surface area contributed by atoms with Crippen molar-refractivity contribution >= 4 is 38.7 Å². The summed E-state index contributed by atoms with van der Waals surface area (Å²) in [5.74, 6) is 0. The van der Waals surface area contributed by atoms with Crippen molar-refractivity contribution in [1.82, 2.24) is 0 Å². The monoisotopic (exact) mass is 318 g/mol. The standard InChI is InChI=1S/C20H22Si2/c1-21(2)15-16-22(18-11-4-3-5-12-18)20-14-8-10-17-9-6-7-13-19(17)20/h3-14H,15-16H2,1-2H3. The number of fused-ring (bicyclic) bond motifs is 1. The van der Waals surface area contributed by atoms with Gasteiger partial charge in [-0.2, -0.15) is 0 Å². The Morgan fingerprint density at radius 1 is 0.682 bits per heavy atom. The van der Waals surface area contributed by atoms with Crippen LogP contribution >= 0.6 is 0 Å². The van der Waals surface area contributed by atoms with E-state index in [1.807, 2.05) is 0 Å². The zero-order chi connectivity index (χ0) is 15.4. The molecule has 0 aromatic heterocycles. The minimum Gasteiger partial charge on any atom is -0.0713 e. The summed E-state index contributed by atoms with van der Waals surface area (Å²) in [6.45, 7) is 4.86. The van der Waals surface area contributed by atoms with Gasteiger partial charge < -0.3 is 0 Å². The van der Waals surface area contributed by atoms with E-state index in [4.69, 9.17) is 0 Å². The Morgan fingerprint density at radius 2 is 1.36 bits per heavy atom. The van der Waals surface area contributed by atoms with Crippen LogP contribution in [0.2, 0.25) is 25.2 Å². The van der Waals surface area contributed by atoms with E-state index in [1.165, 1.54) is 22.9 Å². The Morgan fingerprint density at radius 3 is 2.14 bits per heavy atom. The summed E-state index contributed by atoms with van der Waals surface area (Å²) in [5.41, 5.74) is 0. The van der Waals surface area contributed by atoms with Crippen LogP contribution in [-0.2, 0) is 0 Å². The number of rotatable bonds is 5.